The average molecular weight is 441 g/mol. The summed E-state index contributed by atoms with van der Waals surface area (Å²) < 4.78 is 10.7. The van der Waals surface area contributed by atoms with Gasteiger partial charge in [0.25, 0.3) is 5.91 Å². The van der Waals surface area contributed by atoms with Crippen LogP contribution < -0.4 is 15.7 Å². The number of nitrogens with one attached hydrogen (secondary N) is 1. The van der Waals surface area contributed by atoms with E-state index in [1.54, 1.807) is 12.1 Å². The second-order valence-electron chi connectivity index (χ2n) is 7.60. The van der Waals surface area contributed by atoms with Crippen molar-refractivity contribution in [1.82, 2.24) is 5.32 Å². The van der Waals surface area contributed by atoms with E-state index in [0.29, 0.717) is 24.8 Å². The molecule has 0 aliphatic heterocycles. The first-order valence-electron chi connectivity index (χ1n) is 10.7. The molecule has 1 amide bonds. The predicted molar refractivity (Wildman–Crippen MR) is 125 cm³/mol. The Balaban J connectivity index is 1.38. The quantitative estimate of drug-likeness (QED) is 0.250. The molecule has 0 spiro atoms. The zero-order valence-corrected chi connectivity index (χ0v) is 18.0. The lowest BCUT2D eigenvalue weighted by Crippen LogP contribution is -2.29. The summed E-state index contributed by atoms with van der Waals surface area (Å²) in [7, 11) is 0. The van der Waals surface area contributed by atoms with Crippen molar-refractivity contribution < 1.29 is 18.7 Å². The summed E-state index contributed by atoms with van der Waals surface area (Å²) in [6, 6.07) is 25.6. The molecule has 4 aromatic rings. The Hall–Kier alpha value is -4.19. The minimum absolute atomic E-state index is 0.0665. The summed E-state index contributed by atoms with van der Waals surface area (Å²) in [5.41, 5.74) is 1.58. The van der Waals surface area contributed by atoms with Gasteiger partial charge >= 0.3 is 11.6 Å². The topological polar surface area (TPSA) is 85.6 Å². The monoisotopic (exact) mass is 441 g/mol. The van der Waals surface area contributed by atoms with E-state index in [1.807, 2.05) is 60.7 Å². The third kappa shape index (κ3) is 5.95. The molecule has 0 atom stereocenters. The van der Waals surface area contributed by atoms with E-state index in [2.05, 4.69) is 5.32 Å². The van der Waals surface area contributed by atoms with Crippen molar-refractivity contribution in [3.8, 4) is 5.75 Å². The van der Waals surface area contributed by atoms with E-state index in [9.17, 15) is 14.4 Å². The number of ether oxygens (including phenoxy) is 1. The Morgan fingerprint density at radius 3 is 2.18 bits per heavy atom. The molecule has 1 heterocycles. The molecule has 1 N–H and O–H groups in total. The van der Waals surface area contributed by atoms with Gasteiger partial charge in [-0.2, -0.15) is 0 Å². The minimum Gasteiger partial charge on any atom is -0.426 e. The van der Waals surface area contributed by atoms with Gasteiger partial charge in [0.15, 0.2) is 0 Å². The van der Waals surface area contributed by atoms with E-state index in [4.69, 9.17) is 9.15 Å². The molecule has 0 saturated carbocycles. The van der Waals surface area contributed by atoms with Gasteiger partial charge < -0.3 is 14.5 Å². The maximum atomic E-state index is 12.5. The zero-order chi connectivity index (χ0) is 23.0. The third-order valence-corrected chi connectivity index (χ3v) is 5.19. The second-order valence-corrected chi connectivity index (χ2v) is 7.60. The SMILES string of the molecule is O=C(CCc1ccccc1)Oc1ccc2cc(C(=O)NCCc3ccccc3)c(=O)oc2c1. The number of aryl methyl sites for hydroxylation is 1. The molecule has 6 heteroatoms. The number of rotatable bonds is 8. The lowest BCUT2D eigenvalue weighted by Gasteiger charge is -2.07. The maximum absolute atomic E-state index is 12.5. The van der Waals surface area contributed by atoms with Crippen LogP contribution in [0.3, 0.4) is 0 Å². The summed E-state index contributed by atoms with van der Waals surface area (Å²) in [4.78, 5) is 37.0. The van der Waals surface area contributed by atoms with Gasteiger partial charge in [0.05, 0.1) is 0 Å². The van der Waals surface area contributed by atoms with Gasteiger partial charge in [0, 0.05) is 24.4 Å². The van der Waals surface area contributed by atoms with Gasteiger partial charge in [0.2, 0.25) is 0 Å². The van der Waals surface area contributed by atoms with Crippen LogP contribution in [0.25, 0.3) is 11.0 Å². The van der Waals surface area contributed by atoms with Crippen LogP contribution in [0.2, 0.25) is 0 Å². The highest BCUT2D eigenvalue weighted by molar-refractivity contribution is 5.96. The van der Waals surface area contributed by atoms with Crippen LogP contribution >= 0.6 is 0 Å². The minimum atomic E-state index is -0.743. The number of hydrogen-bond acceptors (Lipinski definition) is 5. The van der Waals surface area contributed by atoms with Gasteiger partial charge in [-0.3, -0.25) is 9.59 Å². The van der Waals surface area contributed by atoms with Crippen LogP contribution in [0.1, 0.15) is 27.9 Å². The third-order valence-electron chi connectivity index (χ3n) is 5.19. The van der Waals surface area contributed by atoms with Gasteiger partial charge in [0.1, 0.15) is 16.9 Å². The lowest BCUT2D eigenvalue weighted by molar-refractivity contribution is -0.134. The fourth-order valence-corrected chi connectivity index (χ4v) is 3.45. The molecule has 33 heavy (non-hydrogen) atoms. The lowest BCUT2D eigenvalue weighted by atomic mass is 10.1. The Morgan fingerprint density at radius 2 is 1.48 bits per heavy atom. The van der Waals surface area contributed by atoms with E-state index in [-0.39, 0.29) is 29.3 Å². The molecule has 1 aromatic heterocycles. The molecule has 0 unspecified atom stereocenters. The average Bonchev–Trinajstić information content (AvgIpc) is 2.83. The molecule has 4 rings (SSSR count). The Morgan fingerprint density at radius 1 is 0.818 bits per heavy atom. The number of amides is 1. The van der Waals surface area contributed by atoms with Crippen molar-refractivity contribution in [2.45, 2.75) is 19.3 Å². The summed E-state index contributed by atoms with van der Waals surface area (Å²) in [6.07, 6.45) is 1.46. The Labute approximate surface area is 190 Å². The molecule has 166 valence electrons. The first-order chi connectivity index (χ1) is 16.1. The van der Waals surface area contributed by atoms with Gasteiger partial charge in [-0.1, -0.05) is 60.7 Å². The number of carbonyl (C=O) groups excluding carboxylic acids is 2. The summed E-state index contributed by atoms with van der Waals surface area (Å²) in [5.74, 6) is -0.586. The number of benzene rings is 3. The highest BCUT2D eigenvalue weighted by Gasteiger charge is 2.14. The van der Waals surface area contributed by atoms with Gasteiger partial charge in [-0.25, -0.2) is 4.79 Å². The molecule has 0 saturated heterocycles. The first kappa shape index (κ1) is 22.0. The number of carbonyl (C=O) groups is 2. The van der Waals surface area contributed by atoms with E-state index >= 15 is 0 Å². The second kappa shape index (κ2) is 10.4. The van der Waals surface area contributed by atoms with Gasteiger partial charge in [-0.15, -0.1) is 0 Å². The first-order valence-corrected chi connectivity index (χ1v) is 10.7. The molecule has 0 aliphatic rings. The van der Waals surface area contributed by atoms with Crippen LogP contribution in [0, 0.1) is 0 Å². The fourth-order valence-electron chi connectivity index (χ4n) is 3.45. The van der Waals surface area contributed by atoms with E-state index in [1.165, 1.54) is 12.1 Å². The molecule has 0 radical (unpaired) electrons. The van der Waals surface area contributed by atoms with Crippen molar-refractivity contribution in [2.75, 3.05) is 6.54 Å². The summed E-state index contributed by atoms with van der Waals surface area (Å²) >= 11 is 0. The predicted octanol–water partition coefficient (Wildman–Crippen LogP) is 4.30. The molecular formula is C27H23NO5. The van der Waals surface area contributed by atoms with Crippen molar-refractivity contribution >= 4 is 22.8 Å². The maximum Gasteiger partial charge on any atom is 0.349 e. The smallest absolute Gasteiger partial charge is 0.349 e. The molecule has 0 aliphatic carbocycles. The zero-order valence-electron chi connectivity index (χ0n) is 18.0. The van der Waals surface area contributed by atoms with E-state index < -0.39 is 11.5 Å². The molecule has 0 bridgehead atoms. The van der Waals surface area contributed by atoms with Crippen LogP contribution in [0.4, 0.5) is 0 Å². The van der Waals surface area contributed by atoms with Crippen molar-refractivity contribution in [1.29, 1.82) is 0 Å². The fraction of sp³-hybridized carbons (Fsp3) is 0.148. The largest absolute Gasteiger partial charge is 0.426 e. The van der Waals surface area contributed by atoms with Gasteiger partial charge in [-0.05, 0) is 42.2 Å². The van der Waals surface area contributed by atoms with Crippen LogP contribution in [0.15, 0.2) is 94.1 Å². The Bertz CT molecular complexity index is 1310. The summed E-state index contributed by atoms with van der Waals surface area (Å²) in [5, 5.41) is 3.31. The molecule has 3 aromatic carbocycles. The number of hydrogen-bond donors (Lipinski definition) is 1. The molecule has 6 nitrogen and oxygen atoms in total. The Kier molecular flexibility index (Phi) is 6.95. The van der Waals surface area contributed by atoms with Crippen LogP contribution in [-0.4, -0.2) is 18.4 Å². The highest BCUT2D eigenvalue weighted by atomic mass is 16.5. The van der Waals surface area contributed by atoms with Crippen LogP contribution in [0.5, 0.6) is 5.75 Å². The molecule has 0 fully saturated rings. The highest BCUT2D eigenvalue weighted by Crippen LogP contribution is 2.21. The number of fused-ring (bicyclic) bond motifs is 1. The van der Waals surface area contributed by atoms with E-state index in [0.717, 1.165) is 11.1 Å². The molecular weight excluding hydrogens is 418 g/mol. The van der Waals surface area contributed by atoms with Crippen molar-refractivity contribution in [3.05, 3.63) is 112 Å². The number of esters is 1. The standard InChI is InChI=1S/C27H23NO5/c29-25(14-11-19-7-3-1-4-8-19)32-22-13-12-21-17-23(27(31)33-24(21)18-22)26(30)28-16-15-20-9-5-2-6-10-20/h1-10,12-13,17-18H,11,14-16H2,(H,28,30). The van der Waals surface area contributed by atoms with Crippen molar-refractivity contribution in [2.24, 2.45) is 0 Å². The summed E-state index contributed by atoms with van der Waals surface area (Å²) in [6.45, 7) is 0.401. The normalized spacial score (nSPS) is 10.7. The van der Waals surface area contributed by atoms with Crippen LogP contribution in [-0.2, 0) is 17.6 Å². The van der Waals surface area contributed by atoms with Crippen molar-refractivity contribution in [3.63, 3.8) is 0 Å².